The second kappa shape index (κ2) is 6.10. The smallest absolute Gasteiger partial charge is 0.246 e. The van der Waals surface area contributed by atoms with Crippen molar-refractivity contribution >= 4 is 5.91 Å². The van der Waals surface area contributed by atoms with Gasteiger partial charge in [0, 0.05) is 24.0 Å². The van der Waals surface area contributed by atoms with Gasteiger partial charge in [0.1, 0.15) is 0 Å². The van der Waals surface area contributed by atoms with Crippen LogP contribution in [0, 0.1) is 0 Å². The summed E-state index contributed by atoms with van der Waals surface area (Å²) in [6.45, 7) is 6.51. The second-order valence-corrected chi connectivity index (χ2v) is 3.90. The summed E-state index contributed by atoms with van der Waals surface area (Å²) < 4.78 is 1.81. The molecule has 0 bridgehead atoms. The first-order valence-electron chi connectivity index (χ1n) is 5.58. The molecule has 0 unspecified atom stereocenters. The highest BCUT2D eigenvalue weighted by Gasteiger charge is 2.08. The predicted octanol–water partition coefficient (Wildman–Crippen LogP) is 1.74. The molecule has 4 nitrogen and oxygen atoms in total. The standard InChI is InChI=1S/C12H19N3O/c1-4-6-10(2)12(16)14-11(3)9-15-8-5-7-13-15/h5-8,11H,4,9H2,1-3H3,(H,14,16)/b10-6+/t11-/m1/s1. The average molecular weight is 221 g/mol. The van der Waals surface area contributed by atoms with E-state index in [-0.39, 0.29) is 11.9 Å². The van der Waals surface area contributed by atoms with Gasteiger partial charge in [-0.1, -0.05) is 13.0 Å². The van der Waals surface area contributed by atoms with Gasteiger partial charge in [-0.3, -0.25) is 9.48 Å². The molecule has 4 heteroatoms. The SMILES string of the molecule is CC/C=C(\C)C(=O)N[C@H](C)Cn1cccn1. The molecule has 1 aromatic rings. The lowest BCUT2D eigenvalue weighted by atomic mass is 10.2. The number of hydrogen-bond donors (Lipinski definition) is 1. The van der Waals surface area contributed by atoms with Crippen molar-refractivity contribution < 1.29 is 4.79 Å². The van der Waals surface area contributed by atoms with Gasteiger partial charge < -0.3 is 5.32 Å². The summed E-state index contributed by atoms with van der Waals surface area (Å²) in [5.41, 5.74) is 0.773. The van der Waals surface area contributed by atoms with E-state index in [1.165, 1.54) is 0 Å². The minimum atomic E-state index is 0.00139. The van der Waals surface area contributed by atoms with E-state index in [0.717, 1.165) is 12.0 Å². The van der Waals surface area contributed by atoms with Crippen LogP contribution in [0.25, 0.3) is 0 Å². The summed E-state index contributed by atoms with van der Waals surface area (Å²) in [6, 6.07) is 1.95. The third-order valence-electron chi connectivity index (χ3n) is 2.27. The summed E-state index contributed by atoms with van der Waals surface area (Å²) in [6.07, 6.45) is 6.43. The molecule has 1 aromatic heterocycles. The number of amides is 1. The molecular formula is C12H19N3O. The maximum Gasteiger partial charge on any atom is 0.246 e. The molecule has 0 spiro atoms. The van der Waals surface area contributed by atoms with Crippen LogP contribution in [0.5, 0.6) is 0 Å². The molecular weight excluding hydrogens is 202 g/mol. The van der Waals surface area contributed by atoms with Crippen molar-refractivity contribution in [3.63, 3.8) is 0 Å². The minimum Gasteiger partial charge on any atom is -0.348 e. The Morgan fingerprint density at radius 3 is 2.94 bits per heavy atom. The minimum absolute atomic E-state index is 0.00139. The van der Waals surface area contributed by atoms with Crippen molar-refractivity contribution in [2.24, 2.45) is 0 Å². The van der Waals surface area contributed by atoms with E-state index in [2.05, 4.69) is 10.4 Å². The van der Waals surface area contributed by atoms with E-state index < -0.39 is 0 Å². The maximum absolute atomic E-state index is 11.7. The van der Waals surface area contributed by atoms with Gasteiger partial charge in [-0.05, 0) is 26.3 Å². The number of carbonyl (C=O) groups is 1. The summed E-state index contributed by atoms with van der Waals surface area (Å²) in [5, 5.41) is 7.03. The highest BCUT2D eigenvalue weighted by molar-refractivity contribution is 5.92. The van der Waals surface area contributed by atoms with E-state index in [1.54, 1.807) is 6.20 Å². The molecule has 0 aromatic carbocycles. The molecule has 0 aliphatic carbocycles. The zero-order valence-corrected chi connectivity index (χ0v) is 10.1. The van der Waals surface area contributed by atoms with Crippen LogP contribution < -0.4 is 5.32 Å². The lowest BCUT2D eigenvalue weighted by Crippen LogP contribution is -2.36. The number of carbonyl (C=O) groups excluding carboxylic acids is 1. The Balaban J connectivity index is 2.42. The van der Waals surface area contributed by atoms with Gasteiger partial charge in [-0.15, -0.1) is 0 Å². The first-order chi connectivity index (χ1) is 7.63. The van der Waals surface area contributed by atoms with Gasteiger partial charge >= 0.3 is 0 Å². The van der Waals surface area contributed by atoms with E-state index in [9.17, 15) is 4.79 Å². The van der Waals surface area contributed by atoms with E-state index in [1.807, 2.05) is 43.8 Å². The average Bonchev–Trinajstić information content (AvgIpc) is 2.70. The monoisotopic (exact) mass is 221 g/mol. The van der Waals surface area contributed by atoms with E-state index in [0.29, 0.717) is 6.54 Å². The van der Waals surface area contributed by atoms with Crippen molar-refractivity contribution in [1.29, 1.82) is 0 Å². The molecule has 88 valence electrons. The Morgan fingerprint density at radius 1 is 1.62 bits per heavy atom. The Morgan fingerprint density at radius 2 is 2.38 bits per heavy atom. The Labute approximate surface area is 96.3 Å². The third kappa shape index (κ3) is 3.88. The van der Waals surface area contributed by atoms with Gasteiger partial charge in [0.25, 0.3) is 0 Å². The summed E-state index contributed by atoms with van der Waals surface area (Å²) in [4.78, 5) is 11.7. The fourth-order valence-corrected chi connectivity index (χ4v) is 1.47. The normalized spacial score (nSPS) is 13.6. The van der Waals surface area contributed by atoms with Crippen molar-refractivity contribution in [1.82, 2.24) is 15.1 Å². The predicted molar refractivity (Wildman–Crippen MR) is 63.9 cm³/mol. The molecule has 16 heavy (non-hydrogen) atoms. The van der Waals surface area contributed by atoms with Gasteiger partial charge in [0.15, 0.2) is 0 Å². The molecule has 1 rings (SSSR count). The van der Waals surface area contributed by atoms with Crippen LogP contribution in [0.15, 0.2) is 30.1 Å². The van der Waals surface area contributed by atoms with Crippen molar-refractivity contribution in [2.75, 3.05) is 0 Å². The van der Waals surface area contributed by atoms with Crippen LogP contribution in [-0.4, -0.2) is 21.7 Å². The Hall–Kier alpha value is -1.58. The van der Waals surface area contributed by atoms with Crippen LogP contribution in [0.3, 0.4) is 0 Å². The lowest BCUT2D eigenvalue weighted by molar-refractivity contribution is -0.118. The fourth-order valence-electron chi connectivity index (χ4n) is 1.47. The number of allylic oxidation sites excluding steroid dienone is 1. The molecule has 1 amide bonds. The topological polar surface area (TPSA) is 46.9 Å². The summed E-state index contributed by atoms with van der Waals surface area (Å²) in [5.74, 6) is 0.00139. The number of aromatic nitrogens is 2. The van der Waals surface area contributed by atoms with Gasteiger partial charge in [-0.25, -0.2) is 0 Å². The molecule has 0 fully saturated rings. The zero-order chi connectivity index (χ0) is 12.0. The molecule has 1 heterocycles. The van der Waals surface area contributed by atoms with Crippen LogP contribution in [0.4, 0.5) is 0 Å². The molecule has 1 atom stereocenters. The molecule has 0 aliphatic heterocycles. The molecule has 1 N–H and O–H groups in total. The molecule has 0 aliphatic rings. The zero-order valence-electron chi connectivity index (χ0n) is 10.1. The van der Waals surface area contributed by atoms with Gasteiger partial charge in [-0.2, -0.15) is 5.10 Å². The van der Waals surface area contributed by atoms with Crippen LogP contribution in [0.2, 0.25) is 0 Å². The quantitative estimate of drug-likeness (QED) is 0.770. The van der Waals surface area contributed by atoms with Crippen molar-refractivity contribution in [3.05, 3.63) is 30.1 Å². The highest BCUT2D eigenvalue weighted by atomic mass is 16.1. The van der Waals surface area contributed by atoms with E-state index >= 15 is 0 Å². The first kappa shape index (κ1) is 12.5. The second-order valence-electron chi connectivity index (χ2n) is 3.90. The first-order valence-corrected chi connectivity index (χ1v) is 5.58. The molecule has 0 radical (unpaired) electrons. The number of nitrogens with zero attached hydrogens (tertiary/aromatic N) is 2. The fraction of sp³-hybridized carbons (Fsp3) is 0.500. The summed E-state index contributed by atoms with van der Waals surface area (Å²) >= 11 is 0. The van der Waals surface area contributed by atoms with Crippen molar-refractivity contribution in [3.8, 4) is 0 Å². The molecule has 0 saturated heterocycles. The van der Waals surface area contributed by atoms with Gasteiger partial charge in [0.05, 0.1) is 6.54 Å². The number of nitrogens with one attached hydrogen (secondary N) is 1. The van der Waals surface area contributed by atoms with Crippen LogP contribution in [-0.2, 0) is 11.3 Å². The largest absolute Gasteiger partial charge is 0.348 e. The molecule has 0 saturated carbocycles. The van der Waals surface area contributed by atoms with E-state index in [4.69, 9.17) is 0 Å². The lowest BCUT2D eigenvalue weighted by Gasteiger charge is -2.14. The van der Waals surface area contributed by atoms with Crippen molar-refractivity contribution in [2.45, 2.75) is 39.8 Å². The summed E-state index contributed by atoms with van der Waals surface area (Å²) in [7, 11) is 0. The number of hydrogen-bond acceptors (Lipinski definition) is 2. The third-order valence-corrected chi connectivity index (χ3v) is 2.27. The van der Waals surface area contributed by atoms with Gasteiger partial charge in [0.2, 0.25) is 5.91 Å². The Bertz CT molecular complexity index is 354. The Kier molecular flexibility index (Phi) is 4.76. The number of rotatable bonds is 5. The van der Waals surface area contributed by atoms with Crippen LogP contribution >= 0.6 is 0 Å². The highest BCUT2D eigenvalue weighted by Crippen LogP contribution is 1.97. The maximum atomic E-state index is 11.7. The van der Waals surface area contributed by atoms with Crippen LogP contribution in [0.1, 0.15) is 27.2 Å².